The summed E-state index contributed by atoms with van der Waals surface area (Å²) in [5.41, 5.74) is 2.51. The van der Waals surface area contributed by atoms with Gasteiger partial charge in [-0.25, -0.2) is 14.4 Å². The Morgan fingerprint density at radius 1 is 1.17 bits per heavy atom. The van der Waals surface area contributed by atoms with Crippen molar-refractivity contribution >= 4 is 40.2 Å². The van der Waals surface area contributed by atoms with Crippen molar-refractivity contribution in [2.75, 3.05) is 10.6 Å². The molecular formula is C19H20ClFN8. The van der Waals surface area contributed by atoms with E-state index < -0.39 is 6.17 Å². The molecule has 5 rings (SSSR count). The second kappa shape index (κ2) is 8.44. The van der Waals surface area contributed by atoms with E-state index in [2.05, 4.69) is 40.8 Å². The van der Waals surface area contributed by atoms with Crippen LogP contribution in [0.2, 0.25) is 5.02 Å². The average Bonchev–Trinajstić information content (AvgIpc) is 3.18. The third-order valence-electron chi connectivity index (χ3n) is 4.21. The maximum atomic E-state index is 11.1. The summed E-state index contributed by atoms with van der Waals surface area (Å²) in [4.78, 5) is 16.4. The Morgan fingerprint density at radius 3 is 2.72 bits per heavy atom. The highest BCUT2D eigenvalue weighted by molar-refractivity contribution is 6.35. The van der Waals surface area contributed by atoms with Gasteiger partial charge in [0.1, 0.15) is 23.3 Å². The molecule has 0 radical (unpaired) electrons. The van der Waals surface area contributed by atoms with Gasteiger partial charge in [0.2, 0.25) is 5.95 Å². The van der Waals surface area contributed by atoms with Gasteiger partial charge in [0.05, 0.1) is 28.5 Å². The van der Waals surface area contributed by atoms with Crippen molar-refractivity contribution in [3.8, 4) is 0 Å². The minimum Gasteiger partial charge on any atom is -0.358 e. The number of halogens is 2. The number of pyridine rings is 1. The molecule has 0 amide bonds. The van der Waals surface area contributed by atoms with E-state index in [9.17, 15) is 4.39 Å². The van der Waals surface area contributed by atoms with Gasteiger partial charge >= 0.3 is 0 Å². The summed E-state index contributed by atoms with van der Waals surface area (Å²) in [6, 6.07) is 7.41. The molecule has 4 aromatic heterocycles. The van der Waals surface area contributed by atoms with Gasteiger partial charge in [-0.2, -0.15) is 10.1 Å². The van der Waals surface area contributed by atoms with Crippen LogP contribution in [0.3, 0.4) is 0 Å². The van der Waals surface area contributed by atoms with Crippen LogP contribution in [0, 0.1) is 0 Å². The summed E-state index contributed by atoms with van der Waals surface area (Å²) < 4.78 is 11.1. The molecule has 1 atom stereocenters. The van der Waals surface area contributed by atoms with Crippen LogP contribution in [-0.4, -0.2) is 36.3 Å². The Labute approximate surface area is 171 Å². The monoisotopic (exact) mass is 414 g/mol. The highest BCUT2D eigenvalue weighted by Crippen LogP contribution is 2.24. The van der Waals surface area contributed by atoms with E-state index in [1.165, 1.54) is 0 Å². The van der Waals surface area contributed by atoms with Gasteiger partial charge in [-0.15, -0.1) is 0 Å². The molecule has 4 N–H and O–H groups in total. The first-order chi connectivity index (χ1) is 14.1. The van der Waals surface area contributed by atoms with E-state index in [1.807, 2.05) is 25.1 Å². The average molecular weight is 415 g/mol. The number of anilines is 3. The van der Waals surface area contributed by atoms with Gasteiger partial charge in [-0.3, -0.25) is 5.10 Å². The Hall–Kier alpha value is -3.20. The van der Waals surface area contributed by atoms with Gasteiger partial charge in [-0.05, 0) is 38.0 Å². The summed E-state index contributed by atoms with van der Waals surface area (Å²) in [6.45, 7) is 1.99. The first-order valence-corrected chi connectivity index (χ1v) is 9.60. The summed E-state index contributed by atoms with van der Waals surface area (Å²) >= 11 is 6.14. The van der Waals surface area contributed by atoms with Crippen molar-refractivity contribution in [3.05, 3.63) is 53.6 Å². The Balaban J connectivity index is 0.000000458. The molecular weight excluding hydrogens is 395 g/mol. The molecule has 8 nitrogen and oxygen atoms in total. The van der Waals surface area contributed by atoms with Crippen LogP contribution >= 0.6 is 11.6 Å². The summed E-state index contributed by atoms with van der Waals surface area (Å²) in [7, 11) is 0. The van der Waals surface area contributed by atoms with Gasteiger partial charge in [0.15, 0.2) is 0 Å². The smallest absolute Gasteiger partial charge is 0.225 e. The number of hydrogen-bond donors (Lipinski definition) is 4. The molecule has 1 saturated carbocycles. The van der Waals surface area contributed by atoms with Crippen LogP contribution in [0.15, 0.2) is 42.9 Å². The maximum Gasteiger partial charge on any atom is 0.225 e. The Kier molecular flexibility index (Phi) is 5.57. The summed E-state index contributed by atoms with van der Waals surface area (Å²) in [5, 5.41) is 13.7. The first kappa shape index (κ1) is 19.1. The normalized spacial score (nSPS) is 14.2. The van der Waals surface area contributed by atoms with Gasteiger partial charge in [-0.1, -0.05) is 11.6 Å². The van der Waals surface area contributed by atoms with Crippen LogP contribution in [0.1, 0.15) is 31.5 Å². The lowest BCUT2D eigenvalue weighted by atomic mass is 10.2. The molecule has 1 aliphatic rings. The first-order valence-electron chi connectivity index (χ1n) is 9.22. The zero-order chi connectivity index (χ0) is 20.2. The molecule has 1 fully saturated rings. The Bertz CT molecular complexity index is 1080. The number of nitrogens with one attached hydrogen (secondary N) is 4. The topological polar surface area (TPSA) is 107 Å². The predicted molar refractivity (Wildman–Crippen MR) is 111 cm³/mol. The lowest BCUT2D eigenvalue weighted by Crippen LogP contribution is -2.11. The number of H-pyrrole nitrogens is 2. The number of aromatic amines is 2. The van der Waals surface area contributed by atoms with E-state index in [1.54, 1.807) is 24.7 Å². The lowest BCUT2D eigenvalue weighted by molar-refractivity contribution is 0.480. The van der Waals surface area contributed by atoms with Crippen LogP contribution in [0.5, 0.6) is 0 Å². The van der Waals surface area contributed by atoms with Crippen LogP contribution in [0.25, 0.3) is 11.0 Å². The summed E-state index contributed by atoms with van der Waals surface area (Å²) in [5.74, 6) is 1.91. The molecule has 0 bridgehead atoms. The number of aromatic nitrogens is 6. The number of rotatable bonds is 5. The molecule has 29 heavy (non-hydrogen) atoms. The van der Waals surface area contributed by atoms with Gasteiger partial charge in [0.25, 0.3) is 0 Å². The number of hydrogen-bond acceptors (Lipinski definition) is 6. The fraction of sp³-hybridized carbons (Fsp3) is 0.263. The minimum absolute atomic E-state index is 0.0854. The molecule has 0 spiro atoms. The van der Waals surface area contributed by atoms with Crippen LogP contribution in [0.4, 0.5) is 22.0 Å². The minimum atomic E-state index is -0.417. The molecule has 1 unspecified atom stereocenters. The van der Waals surface area contributed by atoms with Crippen molar-refractivity contribution in [2.24, 2.45) is 0 Å². The number of alkyl halides is 1. The maximum absolute atomic E-state index is 11.1. The molecule has 0 saturated heterocycles. The van der Waals surface area contributed by atoms with Gasteiger partial charge in [0, 0.05) is 18.5 Å². The van der Waals surface area contributed by atoms with Crippen molar-refractivity contribution in [1.29, 1.82) is 0 Å². The molecule has 1 aliphatic carbocycles. The highest BCUT2D eigenvalue weighted by atomic mass is 35.5. The largest absolute Gasteiger partial charge is 0.358 e. The van der Waals surface area contributed by atoms with Crippen LogP contribution in [-0.2, 0) is 0 Å². The molecule has 10 heteroatoms. The van der Waals surface area contributed by atoms with Gasteiger partial charge < -0.3 is 15.6 Å². The van der Waals surface area contributed by atoms with Crippen LogP contribution < -0.4 is 10.6 Å². The quantitative estimate of drug-likeness (QED) is 0.375. The van der Waals surface area contributed by atoms with Crippen molar-refractivity contribution < 1.29 is 4.39 Å². The highest BCUT2D eigenvalue weighted by Gasteiger charge is 2.18. The molecule has 4 heterocycles. The second-order valence-corrected chi connectivity index (χ2v) is 7.08. The molecule has 0 aliphatic heterocycles. The molecule has 4 aromatic rings. The van der Waals surface area contributed by atoms with E-state index in [4.69, 9.17) is 11.6 Å². The van der Waals surface area contributed by atoms with E-state index >= 15 is 0 Å². The SMILES string of the molecule is CC(Nc1nccc(Nc2ccn[nH]2)n1)c1ccc2[nH]cc(Cl)c2n1.FC1CC1. The zero-order valence-electron chi connectivity index (χ0n) is 15.7. The second-order valence-electron chi connectivity index (χ2n) is 6.67. The lowest BCUT2D eigenvalue weighted by Gasteiger charge is -2.14. The van der Waals surface area contributed by atoms with Crippen molar-refractivity contribution in [2.45, 2.75) is 32.0 Å². The fourth-order valence-electron chi connectivity index (χ4n) is 2.52. The fourth-order valence-corrected chi connectivity index (χ4v) is 2.71. The van der Waals surface area contributed by atoms with E-state index in [0.717, 1.165) is 35.4 Å². The molecule has 0 aromatic carbocycles. The number of nitrogens with zero attached hydrogens (tertiary/aromatic N) is 4. The van der Waals surface area contributed by atoms with Crippen molar-refractivity contribution in [1.82, 2.24) is 30.1 Å². The predicted octanol–water partition coefficient (Wildman–Crippen LogP) is 4.76. The Morgan fingerprint density at radius 2 is 2.00 bits per heavy atom. The van der Waals surface area contributed by atoms with E-state index in [0.29, 0.717) is 16.8 Å². The standard InChI is InChI=1S/C16H15ClN8.C3H5F/c1-9(11-2-3-12-15(22-11)10(17)8-19-12)21-16-18-6-4-13(24-16)23-14-5-7-20-25-14;4-3-1-2-3/h2-9,19H,1H3,(H3,18,20,21,23,24,25);3H,1-2H2. The summed E-state index contributed by atoms with van der Waals surface area (Å²) in [6.07, 6.45) is 6.30. The third-order valence-corrected chi connectivity index (χ3v) is 4.50. The van der Waals surface area contributed by atoms with Crippen molar-refractivity contribution in [3.63, 3.8) is 0 Å². The third kappa shape index (κ3) is 5.00. The molecule has 150 valence electrons. The number of fused-ring (bicyclic) bond motifs is 1. The van der Waals surface area contributed by atoms with E-state index in [-0.39, 0.29) is 6.04 Å². The zero-order valence-corrected chi connectivity index (χ0v) is 16.4.